The lowest BCUT2D eigenvalue weighted by atomic mass is 9.83. The Labute approximate surface area is 201 Å². The highest BCUT2D eigenvalue weighted by molar-refractivity contribution is 6.74. The monoisotopic (exact) mass is 470 g/mol. The van der Waals surface area contributed by atoms with Crippen LogP contribution in [0, 0.1) is 11.8 Å². The van der Waals surface area contributed by atoms with Crippen molar-refractivity contribution in [3.63, 3.8) is 0 Å². The quantitative estimate of drug-likeness (QED) is 0.377. The second kappa shape index (κ2) is 11.3. The Morgan fingerprint density at radius 1 is 0.788 bits per heavy atom. The summed E-state index contributed by atoms with van der Waals surface area (Å²) in [5, 5.41) is 0.168. The van der Waals surface area contributed by atoms with Gasteiger partial charge in [0.25, 0.3) is 0 Å². The SMILES string of the molecule is C[C@@H]1C(CO[Si](C)(C)C(C)(C)C)OC(OCc2ccccc2)C(OCc2ccccc2)[C@H]1C. The van der Waals surface area contributed by atoms with E-state index in [4.69, 9.17) is 18.6 Å². The highest BCUT2D eigenvalue weighted by Gasteiger charge is 2.45. The molecule has 1 aliphatic heterocycles. The third kappa shape index (κ3) is 7.00. The van der Waals surface area contributed by atoms with E-state index in [-0.39, 0.29) is 23.2 Å². The van der Waals surface area contributed by atoms with Gasteiger partial charge in [-0.25, -0.2) is 0 Å². The van der Waals surface area contributed by atoms with Gasteiger partial charge in [0.15, 0.2) is 14.6 Å². The fourth-order valence-corrected chi connectivity index (χ4v) is 4.85. The van der Waals surface area contributed by atoms with Crippen molar-refractivity contribution >= 4 is 8.32 Å². The van der Waals surface area contributed by atoms with E-state index in [9.17, 15) is 0 Å². The Bertz CT molecular complexity index is 834. The molecule has 0 aromatic heterocycles. The van der Waals surface area contributed by atoms with Gasteiger partial charge in [0, 0.05) is 0 Å². The second-order valence-electron chi connectivity index (χ2n) is 10.9. The van der Waals surface area contributed by atoms with Crippen LogP contribution in [0.15, 0.2) is 60.7 Å². The van der Waals surface area contributed by atoms with Crippen molar-refractivity contribution in [1.29, 1.82) is 0 Å². The molecular weight excluding hydrogens is 428 g/mol. The van der Waals surface area contributed by atoms with Crippen molar-refractivity contribution in [2.24, 2.45) is 11.8 Å². The van der Waals surface area contributed by atoms with Crippen LogP contribution in [-0.4, -0.2) is 33.4 Å². The first-order valence-electron chi connectivity index (χ1n) is 12.2. The number of ether oxygens (including phenoxy) is 3. The number of hydrogen-bond donors (Lipinski definition) is 0. The average Bonchev–Trinajstić information content (AvgIpc) is 2.79. The Morgan fingerprint density at radius 2 is 1.30 bits per heavy atom. The van der Waals surface area contributed by atoms with Gasteiger partial charge in [-0.1, -0.05) is 95.3 Å². The average molecular weight is 471 g/mol. The summed E-state index contributed by atoms with van der Waals surface area (Å²) < 4.78 is 25.8. The van der Waals surface area contributed by atoms with Gasteiger partial charge in [-0.15, -0.1) is 0 Å². The van der Waals surface area contributed by atoms with Crippen molar-refractivity contribution in [2.75, 3.05) is 6.61 Å². The zero-order valence-electron chi connectivity index (χ0n) is 21.4. The van der Waals surface area contributed by atoms with Gasteiger partial charge in [0.05, 0.1) is 25.9 Å². The predicted molar refractivity (Wildman–Crippen MR) is 136 cm³/mol. The van der Waals surface area contributed by atoms with Crippen molar-refractivity contribution in [1.82, 2.24) is 0 Å². The maximum atomic E-state index is 6.55. The maximum Gasteiger partial charge on any atom is 0.192 e. The lowest BCUT2D eigenvalue weighted by molar-refractivity contribution is -0.289. The molecule has 1 aliphatic rings. The van der Waals surface area contributed by atoms with E-state index in [2.05, 4.69) is 72.0 Å². The second-order valence-corrected chi connectivity index (χ2v) is 15.7. The van der Waals surface area contributed by atoms with Crippen LogP contribution in [0.2, 0.25) is 18.1 Å². The van der Waals surface area contributed by atoms with Gasteiger partial charge >= 0.3 is 0 Å². The molecule has 3 rings (SSSR count). The molecule has 182 valence electrons. The third-order valence-corrected chi connectivity index (χ3v) is 12.0. The van der Waals surface area contributed by atoms with Gasteiger partial charge in [-0.05, 0) is 41.1 Å². The smallest absolute Gasteiger partial charge is 0.192 e. The van der Waals surface area contributed by atoms with Crippen molar-refractivity contribution in [3.8, 4) is 0 Å². The lowest BCUT2D eigenvalue weighted by Gasteiger charge is -2.45. The van der Waals surface area contributed by atoms with E-state index in [1.165, 1.54) is 0 Å². The molecule has 1 heterocycles. The van der Waals surface area contributed by atoms with Crippen molar-refractivity contribution < 1.29 is 18.6 Å². The van der Waals surface area contributed by atoms with Crippen LogP contribution >= 0.6 is 0 Å². The lowest BCUT2D eigenvalue weighted by Crippen LogP contribution is -2.54. The molecule has 5 heteroatoms. The number of rotatable bonds is 9. The molecule has 33 heavy (non-hydrogen) atoms. The van der Waals surface area contributed by atoms with Crippen LogP contribution in [0.5, 0.6) is 0 Å². The molecule has 0 spiro atoms. The minimum Gasteiger partial charge on any atom is -0.414 e. The minimum atomic E-state index is -1.86. The van der Waals surface area contributed by atoms with Crippen LogP contribution < -0.4 is 0 Å². The van der Waals surface area contributed by atoms with Crippen LogP contribution in [0.3, 0.4) is 0 Å². The zero-order chi connectivity index (χ0) is 24.1. The first kappa shape index (κ1) is 26.1. The Balaban J connectivity index is 1.71. The fourth-order valence-electron chi connectivity index (χ4n) is 3.84. The number of benzene rings is 2. The van der Waals surface area contributed by atoms with E-state index in [1.807, 2.05) is 36.4 Å². The summed E-state index contributed by atoms with van der Waals surface area (Å²) in [6.07, 6.45) is -0.604. The molecule has 4 nitrogen and oxygen atoms in total. The van der Waals surface area contributed by atoms with Gasteiger partial charge in [0.2, 0.25) is 0 Å². The molecule has 0 amide bonds. The van der Waals surface area contributed by atoms with Gasteiger partial charge in [-0.2, -0.15) is 0 Å². The van der Waals surface area contributed by atoms with E-state index in [0.717, 1.165) is 11.1 Å². The standard InChI is InChI=1S/C28H42O4Si/c1-21-22(2)26(29-18-23-14-10-8-11-15-23)27(30-19-24-16-12-9-13-17-24)32-25(21)20-31-33(6,7)28(3,4)5/h8-17,21-22,25-27H,18-20H2,1-7H3/t21-,22-,25?,26?,27?/m0/s1. The van der Waals surface area contributed by atoms with Crippen molar-refractivity contribution in [3.05, 3.63) is 71.8 Å². The normalized spacial score (nSPS) is 26.3. The van der Waals surface area contributed by atoms with Gasteiger partial charge in [-0.3, -0.25) is 0 Å². The topological polar surface area (TPSA) is 36.9 Å². The molecule has 0 N–H and O–H groups in total. The summed E-state index contributed by atoms with van der Waals surface area (Å²) in [5.41, 5.74) is 2.28. The first-order chi connectivity index (χ1) is 15.6. The predicted octanol–water partition coefficient (Wildman–Crippen LogP) is 6.81. The highest BCUT2D eigenvalue weighted by Crippen LogP contribution is 2.39. The Kier molecular flexibility index (Phi) is 8.93. The molecule has 2 aromatic carbocycles. The summed E-state index contributed by atoms with van der Waals surface area (Å²) in [6.45, 7) is 17.5. The van der Waals surface area contributed by atoms with Gasteiger partial charge < -0.3 is 18.6 Å². The summed E-state index contributed by atoms with van der Waals surface area (Å²) in [5.74, 6) is 0.573. The molecule has 0 radical (unpaired) electrons. The molecule has 3 unspecified atom stereocenters. The highest BCUT2D eigenvalue weighted by atomic mass is 28.4. The van der Waals surface area contributed by atoms with Crippen LogP contribution in [0.1, 0.15) is 45.7 Å². The van der Waals surface area contributed by atoms with Gasteiger partial charge in [0.1, 0.15) is 6.10 Å². The molecule has 0 saturated carbocycles. The van der Waals surface area contributed by atoms with E-state index < -0.39 is 14.6 Å². The molecule has 0 aliphatic carbocycles. The zero-order valence-corrected chi connectivity index (χ0v) is 22.4. The Morgan fingerprint density at radius 3 is 1.82 bits per heavy atom. The molecular formula is C28H42O4Si. The van der Waals surface area contributed by atoms with Crippen LogP contribution in [-0.2, 0) is 31.9 Å². The van der Waals surface area contributed by atoms with E-state index >= 15 is 0 Å². The Hall–Kier alpha value is -1.50. The molecule has 5 atom stereocenters. The fraction of sp³-hybridized carbons (Fsp3) is 0.571. The number of hydrogen-bond acceptors (Lipinski definition) is 4. The summed E-state index contributed by atoms with van der Waals surface area (Å²) >= 11 is 0. The molecule has 1 fully saturated rings. The largest absolute Gasteiger partial charge is 0.414 e. The van der Waals surface area contributed by atoms with E-state index in [1.54, 1.807) is 0 Å². The van der Waals surface area contributed by atoms with Crippen LogP contribution in [0.4, 0.5) is 0 Å². The molecule has 1 saturated heterocycles. The summed E-state index contributed by atoms with van der Waals surface area (Å²) in [4.78, 5) is 0. The minimum absolute atomic E-state index is 0.0218. The molecule has 0 bridgehead atoms. The first-order valence-corrected chi connectivity index (χ1v) is 15.1. The summed E-state index contributed by atoms with van der Waals surface area (Å²) in [7, 11) is -1.86. The van der Waals surface area contributed by atoms with Crippen LogP contribution in [0.25, 0.3) is 0 Å². The molecule has 2 aromatic rings. The summed E-state index contributed by atoms with van der Waals surface area (Å²) in [6, 6.07) is 20.5. The maximum absolute atomic E-state index is 6.55. The van der Waals surface area contributed by atoms with E-state index in [0.29, 0.717) is 25.7 Å². The third-order valence-electron chi connectivity index (χ3n) is 7.47. The van der Waals surface area contributed by atoms with Crippen molar-refractivity contribution in [2.45, 2.75) is 84.5 Å².